The van der Waals surface area contributed by atoms with E-state index in [0.717, 1.165) is 12.1 Å². The van der Waals surface area contributed by atoms with Gasteiger partial charge in [-0.1, -0.05) is 6.07 Å². The summed E-state index contributed by atoms with van der Waals surface area (Å²) in [5, 5.41) is 14.1. The van der Waals surface area contributed by atoms with Gasteiger partial charge in [0.15, 0.2) is 0 Å². The van der Waals surface area contributed by atoms with Crippen molar-refractivity contribution in [3.63, 3.8) is 0 Å². The minimum absolute atomic E-state index is 0.0735. The van der Waals surface area contributed by atoms with Crippen molar-refractivity contribution in [3.05, 3.63) is 59.7 Å². The number of nitrogens with one attached hydrogen (secondary N) is 2. The van der Waals surface area contributed by atoms with Crippen LogP contribution in [-0.4, -0.2) is 12.5 Å². The zero-order valence-electron chi connectivity index (χ0n) is 11.8. The van der Waals surface area contributed by atoms with E-state index in [1.54, 1.807) is 24.3 Å². The number of hydrogen-bond acceptors (Lipinski definition) is 3. The van der Waals surface area contributed by atoms with E-state index in [1.165, 1.54) is 12.1 Å². The fourth-order valence-electron chi connectivity index (χ4n) is 1.83. The minimum atomic E-state index is -4.41. The van der Waals surface area contributed by atoms with Crippen molar-refractivity contribution >= 4 is 17.3 Å². The normalized spacial score (nSPS) is 10.7. The maximum atomic E-state index is 12.4. The summed E-state index contributed by atoms with van der Waals surface area (Å²) >= 11 is 0. The van der Waals surface area contributed by atoms with Gasteiger partial charge in [-0.05, 0) is 42.5 Å². The second kappa shape index (κ2) is 6.83. The molecule has 0 aliphatic carbocycles. The van der Waals surface area contributed by atoms with Gasteiger partial charge in [0.2, 0.25) is 5.91 Å². The molecular weight excluding hydrogens is 307 g/mol. The predicted molar refractivity (Wildman–Crippen MR) is 79.7 cm³/mol. The van der Waals surface area contributed by atoms with Crippen LogP contribution in [-0.2, 0) is 11.0 Å². The molecule has 0 radical (unpaired) electrons. The van der Waals surface area contributed by atoms with Crippen LogP contribution < -0.4 is 10.6 Å². The Bertz CT molecular complexity index is 733. The van der Waals surface area contributed by atoms with Crippen molar-refractivity contribution in [1.29, 1.82) is 5.26 Å². The van der Waals surface area contributed by atoms with Crippen LogP contribution in [0.5, 0.6) is 0 Å². The molecule has 2 aromatic rings. The molecule has 0 aliphatic rings. The lowest BCUT2D eigenvalue weighted by Gasteiger charge is -2.10. The average molecular weight is 319 g/mol. The molecule has 0 spiro atoms. The molecule has 2 N–H and O–H groups in total. The predicted octanol–water partition coefficient (Wildman–Crippen LogP) is 3.63. The minimum Gasteiger partial charge on any atom is -0.376 e. The molecule has 2 aromatic carbocycles. The van der Waals surface area contributed by atoms with Crippen molar-refractivity contribution in [3.8, 4) is 6.07 Å². The van der Waals surface area contributed by atoms with Gasteiger partial charge in [-0.15, -0.1) is 0 Å². The molecule has 0 atom stereocenters. The number of carbonyl (C=O) groups excluding carboxylic acids is 1. The molecular formula is C16H12F3N3O. The highest BCUT2D eigenvalue weighted by molar-refractivity contribution is 5.93. The van der Waals surface area contributed by atoms with E-state index in [2.05, 4.69) is 10.6 Å². The number of alkyl halides is 3. The lowest BCUT2D eigenvalue weighted by Crippen LogP contribution is -2.21. The van der Waals surface area contributed by atoms with Crippen LogP contribution in [0.2, 0.25) is 0 Å². The van der Waals surface area contributed by atoms with Gasteiger partial charge in [0.25, 0.3) is 0 Å². The number of hydrogen-bond donors (Lipinski definition) is 2. The SMILES string of the molecule is N#Cc1cccc(NCC(=O)Nc2ccc(C(F)(F)F)cc2)c1. The van der Waals surface area contributed by atoms with Crippen molar-refractivity contribution < 1.29 is 18.0 Å². The van der Waals surface area contributed by atoms with E-state index >= 15 is 0 Å². The van der Waals surface area contributed by atoms with Crippen LogP contribution in [0.25, 0.3) is 0 Å². The summed E-state index contributed by atoms with van der Waals surface area (Å²) in [6.45, 7) is -0.0735. The van der Waals surface area contributed by atoms with Gasteiger partial charge in [0.1, 0.15) is 0 Å². The van der Waals surface area contributed by atoms with E-state index in [4.69, 9.17) is 5.26 Å². The lowest BCUT2D eigenvalue weighted by molar-refractivity contribution is -0.137. The zero-order chi connectivity index (χ0) is 16.9. The van der Waals surface area contributed by atoms with Crippen LogP contribution in [0.1, 0.15) is 11.1 Å². The smallest absolute Gasteiger partial charge is 0.376 e. The number of nitrogens with zero attached hydrogens (tertiary/aromatic N) is 1. The summed E-state index contributed by atoms with van der Waals surface area (Å²) in [4.78, 5) is 11.8. The Kier molecular flexibility index (Phi) is 4.86. The molecule has 0 aromatic heterocycles. The summed E-state index contributed by atoms with van der Waals surface area (Å²) < 4.78 is 37.3. The lowest BCUT2D eigenvalue weighted by atomic mass is 10.2. The summed E-state index contributed by atoms with van der Waals surface area (Å²) in [7, 11) is 0. The molecule has 7 heteroatoms. The molecule has 23 heavy (non-hydrogen) atoms. The van der Waals surface area contributed by atoms with Gasteiger partial charge in [-0.25, -0.2) is 0 Å². The Balaban J connectivity index is 1.91. The molecule has 0 heterocycles. The van der Waals surface area contributed by atoms with Crippen molar-refractivity contribution in [2.24, 2.45) is 0 Å². The van der Waals surface area contributed by atoms with E-state index in [0.29, 0.717) is 11.3 Å². The number of nitriles is 1. The summed E-state index contributed by atoms with van der Waals surface area (Å²) in [6.07, 6.45) is -4.41. The topological polar surface area (TPSA) is 64.9 Å². The van der Waals surface area contributed by atoms with E-state index < -0.39 is 17.6 Å². The molecule has 0 aliphatic heterocycles. The Hall–Kier alpha value is -3.01. The highest BCUT2D eigenvalue weighted by atomic mass is 19.4. The molecule has 1 amide bonds. The Morgan fingerprint density at radius 3 is 2.39 bits per heavy atom. The highest BCUT2D eigenvalue weighted by Gasteiger charge is 2.29. The number of carbonyl (C=O) groups is 1. The number of benzene rings is 2. The highest BCUT2D eigenvalue weighted by Crippen LogP contribution is 2.29. The fourth-order valence-corrected chi connectivity index (χ4v) is 1.83. The maximum absolute atomic E-state index is 12.4. The molecule has 118 valence electrons. The average Bonchev–Trinajstić information content (AvgIpc) is 2.53. The van der Waals surface area contributed by atoms with Gasteiger partial charge in [-0.3, -0.25) is 4.79 Å². The number of anilines is 2. The standard InChI is InChI=1S/C16H12F3N3O/c17-16(18,19)12-4-6-13(7-5-12)22-15(23)10-21-14-3-1-2-11(8-14)9-20/h1-8,21H,10H2,(H,22,23). The first-order chi connectivity index (χ1) is 10.9. The van der Waals surface area contributed by atoms with E-state index in [1.807, 2.05) is 6.07 Å². The molecule has 0 fully saturated rings. The monoisotopic (exact) mass is 319 g/mol. The van der Waals surface area contributed by atoms with Crippen molar-refractivity contribution in [2.45, 2.75) is 6.18 Å². The molecule has 4 nitrogen and oxygen atoms in total. The fraction of sp³-hybridized carbons (Fsp3) is 0.125. The summed E-state index contributed by atoms with van der Waals surface area (Å²) in [5.74, 6) is -0.410. The molecule has 2 rings (SSSR count). The molecule has 0 unspecified atom stereocenters. The summed E-state index contributed by atoms with van der Waals surface area (Å²) in [6, 6.07) is 12.8. The zero-order valence-corrected chi connectivity index (χ0v) is 11.8. The first-order valence-electron chi connectivity index (χ1n) is 6.59. The van der Waals surface area contributed by atoms with Crippen LogP contribution in [0.3, 0.4) is 0 Å². The second-order valence-electron chi connectivity index (χ2n) is 4.67. The number of amides is 1. The van der Waals surface area contributed by atoms with Gasteiger partial charge >= 0.3 is 6.18 Å². The van der Waals surface area contributed by atoms with E-state index in [-0.39, 0.29) is 12.2 Å². The third kappa shape index (κ3) is 4.74. The number of rotatable bonds is 4. The van der Waals surface area contributed by atoms with Gasteiger partial charge in [-0.2, -0.15) is 18.4 Å². The van der Waals surface area contributed by atoms with Gasteiger partial charge in [0.05, 0.1) is 23.7 Å². The van der Waals surface area contributed by atoms with Gasteiger partial charge < -0.3 is 10.6 Å². The van der Waals surface area contributed by atoms with Crippen LogP contribution in [0.15, 0.2) is 48.5 Å². The Morgan fingerprint density at radius 1 is 1.09 bits per heavy atom. The number of halogens is 3. The molecule has 0 saturated heterocycles. The maximum Gasteiger partial charge on any atom is 0.416 e. The van der Waals surface area contributed by atoms with Crippen molar-refractivity contribution in [2.75, 3.05) is 17.2 Å². The second-order valence-corrected chi connectivity index (χ2v) is 4.67. The quantitative estimate of drug-likeness (QED) is 0.904. The van der Waals surface area contributed by atoms with Crippen molar-refractivity contribution in [1.82, 2.24) is 0 Å². The van der Waals surface area contributed by atoms with Crippen LogP contribution in [0, 0.1) is 11.3 Å². The third-order valence-electron chi connectivity index (χ3n) is 2.94. The van der Waals surface area contributed by atoms with Crippen LogP contribution in [0.4, 0.5) is 24.5 Å². The largest absolute Gasteiger partial charge is 0.416 e. The Morgan fingerprint density at radius 2 is 1.78 bits per heavy atom. The molecule has 0 bridgehead atoms. The Labute approximate surface area is 130 Å². The third-order valence-corrected chi connectivity index (χ3v) is 2.94. The first-order valence-corrected chi connectivity index (χ1v) is 6.59. The first kappa shape index (κ1) is 16.4. The van der Waals surface area contributed by atoms with E-state index in [9.17, 15) is 18.0 Å². The van der Waals surface area contributed by atoms with Crippen LogP contribution >= 0.6 is 0 Å². The molecule has 0 saturated carbocycles. The summed E-state index contributed by atoms with van der Waals surface area (Å²) in [5.41, 5.74) is 0.558. The van der Waals surface area contributed by atoms with Gasteiger partial charge in [0, 0.05) is 11.4 Å².